The van der Waals surface area contributed by atoms with Crippen LogP contribution in [0.1, 0.15) is 12.0 Å². The Bertz CT molecular complexity index is 369. The van der Waals surface area contributed by atoms with E-state index in [4.69, 9.17) is 15.2 Å². The lowest BCUT2D eigenvalue weighted by Crippen LogP contribution is -2.05. The molecule has 0 atom stereocenters. The van der Waals surface area contributed by atoms with E-state index in [2.05, 4.69) is 0 Å². The fraction of sp³-hybridized carbons (Fsp3) is 0.455. The van der Waals surface area contributed by atoms with Crippen molar-refractivity contribution in [3.05, 3.63) is 23.3 Å². The van der Waals surface area contributed by atoms with Crippen molar-refractivity contribution < 1.29 is 18.3 Å². The quantitative estimate of drug-likeness (QED) is 0.841. The molecule has 1 aromatic rings. The topological polar surface area (TPSA) is 44.5 Å². The first kappa shape index (κ1) is 12.7. The van der Waals surface area contributed by atoms with Crippen LogP contribution in [0.2, 0.25) is 0 Å². The first-order valence-electron chi connectivity index (χ1n) is 4.94. The van der Waals surface area contributed by atoms with Gasteiger partial charge in [-0.2, -0.15) is 0 Å². The fourth-order valence-electron chi connectivity index (χ4n) is 1.54. The van der Waals surface area contributed by atoms with E-state index in [1.807, 2.05) is 0 Å². The number of hydrogen-bond acceptors (Lipinski definition) is 3. The maximum atomic E-state index is 13.5. The van der Waals surface area contributed by atoms with Crippen molar-refractivity contribution in [2.45, 2.75) is 12.8 Å². The van der Waals surface area contributed by atoms with Gasteiger partial charge in [0.15, 0.2) is 17.3 Å². The second-order valence-corrected chi connectivity index (χ2v) is 3.28. The van der Waals surface area contributed by atoms with E-state index in [9.17, 15) is 8.78 Å². The zero-order valence-corrected chi connectivity index (χ0v) is 9.35. The molecule has 0 aliphatic rings. The molecule has 0 aliphatic heterocycles. The Morgan fingerprint density at radius 3 is 2.25 bits per heavy atom. The zero-order chi connectivity index (χ0) is 12.1. The summed E-state index contributed by atoms with van der Waals surface area (Å²) in [5, 5.41) is 0. The van der Waals surface area contributed by atoms with Crippen LogP contribution in [-0.2, 0) is 6.42 Å². The highest BCUT2D eigenvalue weighted by atomic mass is 19.1. The van der Waals surface area contributed by atoms with E-state index in [0.29, 0.717) is 24.9 Å². The molecule has 16 heavy (non-hydrogen) atoms. The predicted molar refractivity (Wildman–Crippen MR) is 56.8 cm³/mol. The fourth-order valence-corrected chi connectivity index (χ4v) is 1.54. The predicted octanol–water partition coefficient (Wildman–Crippen LogP) is 1.87. The van der Waals surface area contributed by atoms with E-state index in [1.54, 1.807) is 0 Å². The van der Waals surface area contributed by atoms with E-state index in [-0.39, 0.29) is 11.5 Å². The molecule has 1 rings (SSSR count). The molecule has 0 heterocycles. The van der Waals surface area contributed by atoms with Gasteiger partial charge in [0.05, 0.1) is 14.2 Å². The summed E-state index contributed by atoms with van der Waals surface area (Å²) in [7, 11) is 2.66. The average Bonchev–Trinajstić information content (AvgIpc) is 2.27. The molecule has 5 heteroatoms. The number of benzene rings is 1. The summed E-state index contributed by atoms with van der Waals surface area (Å²) in [6, 6.07) is 0.799. The second-order valence-electron chi connectivity index (χ2n) is 3.28. The van der Waals surface area contributed by atoms with Gasteiger partial charge in [0.1, 0.15) is 5.82 Å². The summed E-state index contributed by atoms with van der Waals surface area (Å²) in [6.45, 7) is 0.433. The van der Waals surface area contributed by atoms with Crippen LogP contribution in [0.25, 0.3) is 0 Å². The Hall–Kier alpha value is -1.36. The van der Waals surface area contributed by atoms with Crippen LogP contribution in [0.3, 0.4) is 0 Å². The maximum Gasteiger partial charge on any atom is 0.197 e. The molecule has 1 aromatic carbocycles. The van der Waals surface area contributed by atoms with Crippen LogP contribution in [0, 0.1) is 11.6 Å². The number of ether oxygens (including phenoxy) is 2. The van der Waals surface area contributed by atoms with E-state index in [1.165, 1.54) is 14.2 Å². The van der Waals surface area contributed by atoms with E-state index in [0.717, 1.165) is 6.07 Å². The highest BCUT2D eigenvalue weighted by Gasteiger charge is 2.19. The zero-order valence-electron chi connectivity index (χ0n) is 9.35. The smallest absolute Gasteiger partial charge is 0.197 e. The summed E-state index contributed by atoms with van der Waals surface area (Å²) >= 11 is 0. The highest BCUT2D eigenvalue weighted by Crippen LogP contribution is 2.36. The Labute approximate surface area is 93.2 Å². The molecule has 90 valence electrons. The van der Waals surface area contributed by atoms with Crippen LogP contribution in [-0.4, -0.2) is 20.8 Å². The summed E-state index contributed by atoms with van der Waals surface area (Å²) in [4.78, 5) is 0. The molecule has 0 saturated heterocycles. The van der Waals surface area contributed by atoms with Gasteiger partial charge in [0.2, 0.25) is 0 Å². The van der Waals surface area contributed by atoms with Gasteiger partial charge in [-0.05, 0) is 19.4 Å². The van der Waals surface area contributed by atoms with E-state index < -0.39 is 11.6 Å². The average molecular weight is 231 g/mol. The molecule has 0 aliphatic carbocycles. The molecule has 0 radical (unpaired) electrons. The van der Waals surface area contributed by atoms with Gasteiger partial charge >= 0.3 is 0 Å². The van der Waals surface area contributed by atoms with Crippen LogP contribution in [0.15, 0.2) is 6.07 Å². The van der Waals surface area contributed by atoms with Gasteiger partial charge in [-0.1, -0.05) is 0 Å². The molecule has 0 bridgehead atoms. The highest BCUT2D eigenvalue weighted by molar-refractivity contribution is 5.48. The van der Waals surface area contributed by atoms with Crippen LogP contribution < -0.4 is 15.2 Å². The number of halogens is 2. The molecule has 0 fully saturated rings. The van der Waals surface area contributed by atoms with Crippen molar-refractivity contribution >= 4 is 0 Å². The van der Waals surface area contributed by atoms with Crippen LogP contribution in [0.5, 0.6) is 11.5 Å². The largest absolute Gasteiger partial charge is 0.492 e. The lowest BCUT2D eigenvalue weighted by atomic mass is 10.1. The minimum absolute atomic E-state index is 0.0732. The lowest BCUT2D eigenvalue weighted by molar-refractivity contribution is 0.330. The molecule has 3 nitrogen and oxygen atoms in total. The number of hydrogen-bond donors (Lipinski definition) is 1. The van der Waals surface area contributed by atoms with Gasteiger partial charge in [-0.15, -0.1) is 0 Å². The van der Waals surface area contributed by atoms with Gasteiger partial charge in [0.25, 0.3) is 0 Å². The van der Waals surface area contributed by atoms with Crippen molar-refractivity contribution in [1.29, 1.82) is 0 Å². The van der Waals surface area contributed by atoms with Gasteiger partial charge < -0.3 is 15.2 Å². The molecular formula is C11H15F2NO2. The maximum absolute atomic E-state index is 13.5. The Morgan fingerprint density at radius 2 is 1.75 bits per heavy atom. The van der Waals surface area contributed by atoms with Crippen molar-refractivity contribution in [2.75, 3.05) is 20.8 Å². The third-order valence-electron chi connectivity index (χ3n) is 2.28. The monoisotopic (exact) mass is 231 g/mol. The first-order chi connectivity index (χ1) is 7.65. The van der Waals surface area contributed by atoms with Gasteiger partial charge in [-0.3, -0.25) is 0 Å². The SMILES string of the molecule is COc1c(F)cc(F)c(CCCN)c1OC. The first-order valence-corrected chi connectivity index (χ1v) is 4.94. The number of methoxy groups -OCH3 is 2. The van der Waals surface area contributed by atoms with Crippen molar-refractivity contribution in [3.63, 3.8) is 0 Å². The van der Waals surface area contributed by atoms with E-state index >= 15 is 0 Å². The van der Waals surface area contributed by atoms with Crippen molar-refractivity contribution in [3.8, 4) is 11.5 Å². The molecule has 0 unspecified atom stereocenters. The third-order valence-corrected chi connectivity index (χ3v) is 2.28. The molecule has 0 amide bonds. The molecule has 2 N–H and O–H groups in total. The second kappa shape index (κ2) is 5.65. The number of nitrogens with two attached hydrogens (primary N) is 1. The minimum atomic E-state index is -0.770. The molecular weight excluding hydrogens is 216 g/mol. The summed E-state index contributed by atoms with van der Waals surface area (Å²) in [5.74, 6) is -1.37. The third kappa shape index (κ3) is 2.41. The Morgan fingerprint density at radius 1 is 1.12 bits per heavy atom. The summed E-state index contributed by atoms with van der Waals surface area (Å²) < 4.78 is 36.7. The van der Waals surface area contributed by atoms with Crippen molar-refractivity contribution in [2.24, 2.45) is 5.73 Å². The minimum Gasteiger partial charge on any atom is -0.492 e. The standard InChI is InChI=1S/C11H15F2NO2/c1-15-10-7(4-3-5-14)8(12)6-9(13)11(10)16-2/h6H,3-5,14H2,1-2H3. The summed E-state index contributed by atoms with van der Waals surface area (Å²) in [5.41, 5.74) is 5.65. The molecule has 0 aromatic heterocycles. The van der Waals surface area contributed by atoms with Gasteiger partial charge in [-0.25, -0.2) is 8.78 Å². The number of rotatable bonds is 5. The normalized spacial score (nSPS) is 10.3. The Kier molecular flexibility index (Phi) is 4.49. The lowest BCUT2D eigenvalue weighted by Gasteiger charge is -2.14. The molecule has 0 saturated carbocycles. The summed E-state index contributed by atoms with van der Waals surface area (Å²) in [6.07, 6.45) is 0.990. The van der Waals surface area contributed by atoms with Crippen LogP contribution in [0.4, 0.5) is 8.78 Å². The van der Waals surface area contributed by atoms with Crippen LogP contribution >= 0.6 is 0 Å². The van der Waals surface area contributed by atoms with Gasteiger partial charge in [0, 0.05) is 11.6 Å². The molecule has 0 spiro atoms. The Balaban J connectivity index is 3.22. The van der Waals surface area contributed by atoms with Crippen molar-refractivity contribution in [1.82, 2.24) is 0 Å².